The van der Waals surface area contributed by atoms with Gasteiger partial charge >= 0.3 is 0 Å². The Hall–Kier alpha value is -2.62. The number of aryl methyl sites for hydroxylation is 1. The van der Waals surface area contributed by atoms with E-state index in [1.54, 1.807) is 49.5 Å². The van der Waals surface area contributed by atoms with Gasteiger partial charge in [-0.1, -0.05) is 0 Å². The highest BCUT2D eigenvalue weighted by atomic mass is 16.1. The summed E-state index contributed by atoms with van der Waals surface area (Å²) in [6, 6.07) is 12.2. The number of hydrogen-bond acceptors (Lipinski definition) is 3. The summed E-state index contributed by atoms with van der Waals surface area (Å²) in [6.45, 7) is 1.86. The molecule has 0 spiro atoms. The lowest BCUT2D eigenvalue weighted by atomic mass is 9.98. The van der Waals surface area contributed by atoms with Gasteiger partial charge in [-0.3, -0.25) is 9.59 Å². The smallest absolute Gasteiger partial charge is 0.213 e. The van der Waals surface area contributed by atoms with Crippen LogP contribution in [0.5, 0.6) is 0 Å². The number of carbonyl (C=O) groups excluding carboxylic acids is 2. The Morgan fingerprint density at radius 1 is 1.15 bits per heavy atom. The van der Waals surface area contributed by atoms with Gasteiger partial charge in [0, 0.05) is 29.5 Å². The van der Waals surface area contributed by atoms with E-state index in [0.29, 0.717) is 16.8 Å². The zero-order valence-corrected chi connectivity index (χ0v) is 11.5. The molecule has 0 atom stereocenters. The van der Waals surface area contributed by atoms with Crippen molar-refractivity contribution in [2.75, 3.05) is 17.7 Å². The number of nitrogens with zero attached hydrogens (tertiary/aromatic N) is 1. The van der Waals surface area contributed by atoms with Crippen molar-refractivity contribution in [1.29, 1.82) is 0 Å². The molecule has 0 saturated carbocycles. The van der Waals surface area contributed by atoms with Crippen molar-refractivity contribution in [2.45, 2.75) is 6.92 Å². The molecule has 0 unspecified atom stereocenters. The summed E-state index contributed by atoms with van der Waals surface area (Å²) in [6.07, 6.45) is 0.723. The zero-order chi connectivity index (χ0) is 14.7. The van der Waals surface area contributed by atoms with Crippen LogP contribution in [0.3, 0.4) is 0 Å². The number of nitrogens with two attached hydrogens (primary N) is 1. The first-order chi connectivity index (χ1) is 9.52. The Morgan fingerprint density at radius 2 is 1.80 bits per heavy atom. The predicted molar refractivity (Wildman–Crippen MR) is 79.9 cm³/mol. The fourth-order valence-corrected chi connectivity index (χ4v) is 2.01. The molecular formula is C16H16N2O2. The second-order valence-electron chi connectivity index (χ2n) is 4.67. The summed E-state index contributed by atoms with van der Waals surface area (Å²) >= 11 is 0. The molecule has 0 aliphatic rings. The molecule has 2 aromatic carbocycles. The van der Waals surface area contributed by atoms with Gasteiger partial charge in [-0.2, -0.15) is 0 Å². The second kappa shape index (κ2) is 5.57. The van der Waals surface area contributed by atoms with Crippen molar-refractivity contribution in [2.24, 2.45) is 0 Å². The normalized spacial score (nSPS) is 10.1. The van der Waals surface area contributed by atoms with Crippen LogP contribution in [-0.2, 0) is 4.79 Å². The van der Waals surface area contributed by atoms with E-state index in [2.05, 4.69) is 0 Å². The van der Waals surface area contributed by atoms with Crippen LogP contribution in [0.2, 0.25) is 0 Å². The molecule has 0 fully saturated rings. The summed E-state index contributed by atoms with van der Waals surface area (Å²) < 4.78 is 0. The van der Waals surface area contributed by atoms with E-state index in [1.807, 2.05) is 6.92 Å². The van der Waals surface area contributed by atoms with Gasteiger partial charge in [0.25, 0.3) is 0 Å². The maximum Gasteiger partial charge on any atom is 0.213 e. The van der Waals surface area contributed by atoms with Crippen molar-refractivity contribution < 1.29 is 9.59 Å². The first-order valence-corrected chi connectivity index (χ1v) is 6.22. The molecule has 0 heterocycles. The molecule has 2 aromatic rings. The van der Waals surface area contributed by atoms with Gasteiger partial charge in [0.15, 0.2) is 5.78 Å². The number of amides is 1. The highest BCUT2D eigenvalue weighted by molar-refractivity contribution is 6.10. The van der Waals surface area contributed by atoms with Crippen molar-refractivity contribution in [1.82, 2.24) is 0 Å². The summed E-state index contributed by atoms with van der Waals surface area (Å²) in [5, 5.41) is 0. The van der Waals surface area contributed by atoms with E-state index in [-0.39, 0.29) is 5.78 Å². The summed E-state index contributed by atoms with van der Waals surface area (Å²) in [4.78, 5) is 24.5. The number of carbonyl (C=O) groups is 2. The van der Waals surface area contributed by atoms with E-state index in [0.717, 1.165) is 17.7 Å². The highest BCUT2D eigenvalue weighted by Crippen LogP contribution is 2.19. The molecule has 0 radical (unpaired) electrons. The van der Waals surface area contributed by atoms with E-state index in [1.165, 1.54) is 4.90 Å². The van der Waals surface area contributed by atoms with Gasteiger partial charge in [-0.15, -0.1) is 0 Å². The van der Waals surface area contributed by atoms with Gasteiger partial charge < -0.3 is 10.6 Å². The summed E-state index contributed by atoms with van der Waals surface area (Å²) in [5.41, 5.74) is 9.14. The number of anilines is 2. The van der Waals surface area contributed by atoms with Gasteiger partial charge in [-0.05, 0) is 55.0 Å². The van der Waals surface area contributed by atoms with Gasteiger partial charge in [-0.25, -0.2) is 0 Å². The van der Waals surface area contributed by atoms with Crippen LogP contribution in [-0.4, -0.2) is 19.2 Å². The largest absolute Gasteiger partial charge is 0.399 e. The molecule has 2 N–H and O–H groups in total. The standard InChI is InChI=1S/C16H16N2O2/c1-11-9-13(17)5-8-15(11)16(20)12-3-6-14(7-4-12)18(2)10-19/h3-10H,17H2,1-2H3. The molecule has 0 aliphatic carbocycles. The van der Waals surface area contributed by atoms with Crippen molar-refractivity contribution >= 4 is 23.6 Å². The molecule has 0 aliphatic heterocycles. The minimum absolute atomic E-state index is 0.0530. The van der Waals surface area contributed by atoms with Crippen LogP contribution in [0.1, 0.15) is 21.5 Å². The first-order valence-electron chi connectivity index (χ1n) is 6.22. The Bertz CT molecular complexity index is 648. The third-order valence-corrected chi connectivity index (χ3v) is 3.19. The van der Waals surface area contributed by atoms with Crippen molar-refractivity contribution in [3.05, 3.63) is 59.2 Å². The van der Waals surface area contributed by atoms with Crippen LogP contribution >= 0.6 is 0 Å². The molecule has 2 rings (SSSR count). The third-order valence-electron chi connectivity index (χ3n) is 3.19. The minimum atomic E-state index is -0.0530. The maximum atomic E-state index is 12.4. The molecule has 20 heavy (non-hydrogen) atoms. The molecule has 0 bridgehead atoms. The average molecular weight is 268 g/mol. The Labute approximate surface area is 117 Å². The SMILES string of the molecule is Cc1cc(N)ccc1C(=O)c1ccc(N(C)C=O)cc1. The topological polar surface area (TPSA) is 63.4 Å². The van der Waals surface area contributed by atoms with Crippen LogP contribution in [0.4, 0.5) is 11.4 Å². The minimum Gasteiger partial charge on any atom is -0.399 e. The van der Waals surface area contributed by atoms with E-state index in [9.17, 15) is 9.59 Å². The van der Waals surface area contributed by atoms with Gasteiger partial charge in [0.2, 0.25) is 6.41 Å². The zero-order valence-electron chi connectivity index (χ0n) is 11.5. The van der Waals surface area contributed by atoms with Crippen LogP contribution in [0.25, 0.3) is 0 Å². The van der Waals surface area contributed by atoms with Gasteiger partial charge in [0.05, 0.1) is 0 Å². The quantitative estimate of drug-likeness (QED) is 0.526. The monoisotopic (exact) mass is 268 g/mol. The lowest BCUT2D eigenvalue weighted by Gasteiger charge is -2.11. The lowest BCUT2D eigenvalue weighted by Crippen LogP contribution is -2.13. The van der Waals surface area contributed by atoms with E-state index in [4.69, 9.17) is 5.73 Å². The number of ketones is 1. The molecule has 0 saturated heterocycles. The van der Waals surface area contributed by atoms with E-state index >= 15 is 0 Å². The van der Waals surface area contributed by atoms with Crippen molar-refractivity contribution in [3.8, 4) is 0 Å². The highest BCUT2D eigenvalue weighted by Gasteiger charge is 2.12. The Kier molecular flexibility index (Phi) is 3.84. The molecule has 102 valence electrons. The fraction of sp³-hybridized carbons (Fsp3) is 0.125. The van der Waals surface area contributed by atoms with Crippen LogP contribution in [0, 0.1) is 6.92 Å². The number of nitrogen functional groups attached to an aromatic ring is 1. The number of benzene rings is 2. The fourth-order valence-electron chi connectivity index (χ4n) is 2.01. The molecule has 0 aromatic heterocycles. The van der Waals surface area contributed by atoms with E-state index < -0.39 is 0 Å². The Balaban J connectivity index is 2.31. The number of rotatable bonds is 4. The first kappa shape index (κ1) is 13.8. The molecule has 4 nitrogen and oxygen atoms in total. The average Bonchev–Trinajstić information content (AvgIpc) is 2.46. The molecule has 1 amide bonds. The Morgan fingerprint density at radius 3 is 2.35 bits per heavy atom. The van der Waals surface area contributed by atoms with Crippen LogP contribution in [0.15, 0.2) is 42.5 Å². The summed E-state index contributed by atoms with van der Waals surface area (Å²) in [7, 11) is 1.66. The van der Waals surface area contributed by atoms with Gasteiger partial charge in [0.1, 0.15) is 0 Å². The maximum absolute atomic E-state index is 12.4. The lowest BCUT2D eigenvalue weighted by molar-refractivity contribution is -0.107. The molecular weight excluding hydrogens is 252 g/mol. The number of hydrogen-bond donors (Lipinski definition) is 1. The van der Waals surface area contributed by atoms with Crippen LogP contribution < -0.4 is 10.6 Å². The third kappa shape index (κ3) is 2.69. The second-order valence-corrected chi connectivity index (χ2v) is 4.67. The molecule has 4 heteroatoms. The summed E-state index contributed by atoms with van der Waals surface area (Å²) in [5.74, 6) is -0.0530. The van der Waals surface area contributed by atoms with Crippen molar-refractivity contribution in [3.63, 3.8) is 0 Å². The predicted octanol–water partition coefficient (Wildman–Crippen LogP) is 2.40.